The minimum absolute atomic E-state index is 0.320. The second-order valence-electron chi connectivity index (χ2n) is 2.36. The van der Waals surface area contributed by atoms with Crippen LogP contribution in [0.15, 0.2) is 9.90 Å². The smallest absolute Gasteiger partial charge is 0.321 e. The summed E-state index contributed by atoms with van der Waals surface area (Å²) in [5.74, 6) is 0.374. The number of hydrogen-bond acceptors (Lipinski definition) is 7. The van der Waals surface area contributed by atoms with Gasteiger partial charge in [0.2, 0.25) is 5.82 Å². The van der Waals surface area contributed by atoms with Gasteiger partial charge < -0.3 is 9.84 Å². The third kappa shape index (κ3) is 1.49. The van der Waals surface area contributed by atoms with E-state index in [0.29, 0.717) is 28.8 Å². The van der Waals surface area contributed by atoms with E-state index >= 15 is 0 Å². The predicted molar refractivity (Wildman–Crippen MR) is 50.3 cm³/mol. The molecule has 1 N–H and O–H groups in total. The van der Waals surface area contributed by atoms with Gasteiger partial charge in [-0.15, -0.1) is 11.3 Å². The predicted octanol–water partition coefficient (Wildman–Crippen LogP) is 1.05. The number of aldehydes is 1. The average Bonchev–Trinajstić information content (AvgIpc) is 2.86. The van der Waals surface area contributed by atoms with Gasteiger partial charge >= 0.3 is 6.01 Å². The van der Waals surface area contributed by atoms with Crippen LogP contribution in [0.2, 0.25) is 0 Å². The molecule has 7 heteroatoms. The molecule has 2 rings (SSSR count). The van der Waals surface area contributed by atoms with Gasteiger partial charge in [0, 0.05) is 12.4 Å². The third-order valence-electron chi connectivity index (χ3n) is 1.49. The lowest BCUT2D eigenvalue weighted by molar-refractivity contribution is 0.112. The van der Waals surface area contributed by atoms with E-state index in [4.69, 9.17) is 4.52 Å². The van der Waals surface area contributed by atoms with Crippen LogP contribution < -0.4 is 5.32 Å². The fraction of sp³-hybridized carbons (Fsp3) is 0.143. The summed E-state index contributed by atoms with van der Waals surface area (Å²) in [4.78, 5) is 18.4. The zero-order chi connectivity index (χ0) is 9.97. The van der Waals surface area contributed by atoms with Crippen molar-refractivity contribution in [2.45, 2.75) is 0 Å². The molecule has 0 amide bonds. The van der Waals surface area contributed by atoms with Gasteiger partial charge in [0.25, 0.3) is 0 Å². The summed E-state index contributed by atoms with van der Waals surface area (Å²) in [6.45, 7) is 0. The number of rotatable bonds is 3. The van der Waals surface area contributed by atoms with E-state index in [9.17, 15) is 4.79 Å². The molecule has 6 nitrogen and oxygen atoms in total. The van der Waals surface area contributed by atoms with Crippen molar-refractivity contribution < 1.29 is 9.32 Å². The molecule has 2 aromatic rings. The lowest BCUT2D eigenvalue weighted by Crippen LogP contribution is -1.87. The SMILES string of the molecule is CNc1nc(-c2csc(C=O)n2)no1. The van der Waals surface area contributed by atoms with Crippen molar-refractivity contribution in [3.63, 3.8) is 0 Å². The molecule has 0 spiro atoms. The van der Waals surface area contributed by atoms with Crippen LogP contribution in [-0.2, 0) is 0 Å². The maximum absolute atomic E-state index is 10.4. The fourth-order valence-corrected chi connectivity index (χ4v) is 1.47. The van der Waals surface area contributed by atoms with Gasteiger partial charge in [0.15, 0.2) is 11.3 Å². The first kappa shape index (κ1) is 8.82. The van der Waals surface area contributed by atoms with Crippen LogP contribution in [-0.4, -0.2) is 28.5 Å². The highest BCUT2D eigenvalue weighted by atomic mass is 32.1. The number of aromatic nitrogens is 3. The summed E-state index contributed by atoms with van der Waals surface area (Å²) in [6.07, 6.45) is 0.688. The minimum atomic E-state index is 0.320. The molecule has 2 aromatic heterocycles. The number of nitrogens with zero attached hydrogens (tertiary/aromatic N) is 3. The number of thiazole rings is 1. The van der Waals surface area contributed by atoms with Crippen molar-refractivity contribution in [1.29, 1.82) is 0 Å². The Bertz CT molecular complexity index is 450. The van der Waals surface area contributed by atoms with Crippen molar-refractivity contribution in [3.05, 3.63) is 10.4 Å². The molecule has 0 aliphatic rings. The maximum Gasteiger partial charge on any atom is 0.321 e. The zero-order valence-electron chi connectivity index (χ0n) is 7.22. The molecule has 72 valence electrons. The molecule has 0 radical (unpaired) electrons. The van der Waals surface area contributed by atoms with Crippen LogP contribution in [0.3, 0.4) is 0 Å². The van der Waals surface area contributed by atoms with Crippen LogP contribution in [0.25, 0.3) is 11.5 Å². The van der Waals surface area contributed by atoms with Crippen LogP contribution in [0.4, 0.5) is 6.01 Å². The lowest BCUT2D eigenvalue weighted by atomic mass is 10.5. The summed E-state index contributed by atoms with van der Waals surface area (Å²) in [7, 11) is 1.68. The summed E-state index contributed by atoms with van der Waals surface area (Å²) < 4.78 is 4.82. The molecule has 0 fully saturated rings. The van der Waals surface area contributed by atoms with E-state index in [1.807, 2.05) is 0 Å². The van der Waals surface area contributed by atoms with Crippen molar-refractivity contribution in [3.8, 4) is 11.5 Å². The highest BCUT2D eigenvalue weighted by Gasteiger charge is 2.10. The van der Waals surface area contributed by atoms with Gasteiger partial charge in [0.1, 0.15) is 5.69 Å². The Morgan fingerprint density at radius 3 is 3.00 bits per heavy atom. The summed E-state index contributed by atoms with van der Waals surface area (Å²) >= 11 is 1.24. The molecule has 0 atom stereocenters. The van der Waals surface area contributed by atoms with Gasteiger partial charge in [-0.1, -0.05) is 5.16 Å². The largest absolute Gasteiger partial charge is 0.341 e. The van der Waals surface area contributed by atoms with Crippen molar-refractivity contribution in [2.75, 3.05) is 12.4 Å². The quantitative estimate of drug-likeness (QED) is 0.762. The van der Waals surface area contributed by atoms with E-state index in [1.165, 1.54) is 11.3 Å². The van der Waals surface area contributed by atoms with Gasteiger partial charge in [0.05, 0.1) is 0 Å². The van der Waals surface area contributed by atoms with E-state index in [2.05, 4.69) is 20.4 Å². The number of carbonyl (C=O) groups is 1. The highest BCUT2D eigenvalue weighted by Crippen LogP contribution is 2.19. The van der Waals surface area contributed by atoms with Gasteiger partial charge in [-0.05, 0) is 0 Å². The van der Waals surface area contributed by atoms with Crippen molar-refractivity contribution >= 4 is 23.6 Å². The zero-order valence-corrected chi connectivity index (χ0v) is 8.04. The lowest BCUT2D eigenvalue weighted by Gasteiger charge is -1.83. The number of nitrogens with one attached hydrogen (secondary N) is 1. The molecule has 2 heterocycles. The Labute approximate surface area is 83.0 Å². The molecule has 0 aliphatic carbocycles. The Hall–Kier alpha value is -1.76. The van der Waals surface area contributed by atoms with Gasteiger partial charge in [-0.2, -0.15) is 4.98 Å². The van der Waals surface area contributed by atoms with E-state index in [1.54, 1.807) is 12.4 Å². The second kappa shape index (κ2) is 3.54. The Morgan fingerprint density at radius 1 is 1.57 bits per heavy atom. The van der Waals surface area contributed by atoms with Crippen LogP contribution in [0, 0.1) is 0 Å². The first-order chi connectivity index (χ1) is 6.83. The first-order valence-corrected chi connectivity index (χ1v) is 4.64. The van der Waals surface area contributed by atoms with Crippen molar-refractivity contribution in [2.24, 2.45) is 0 Å². The summed E-state index contributed by atoms with van der Waals surface area (Å²) in [5, 5.41) is 8.49. The van der Waals surface area contributed by atoms with Crippen molar-refractivity contribution in [1.82, 2.24) is 15.1 Å². The molecule has 0 saturated heterocycles. The van der Waals surface area contributed by atoms with E-state index in [0.717, 1.165) is 0 Å². The molecule has 0 bridgehead atoms. The van der Waals surface area contributed by atoms with Crippen LogP contribution in [0.5, 0.6) is 0 Å². The average molecular weight is 210 g/mol. The number of carbonyl (C=O) groups excluding carboxylic acids is 1. The van der Waals surface area contributed by atoms with Gasteiger partial charge in [-0.3, -0.25) is 4.79 Å². The minimum Gasteiger partial charge on any atom is -0.341 e. The maximum atomic E-state index is 10.4. The van der Waals surface area contributed by atoms with Crippen LogP contribution >= 0.6 is 11.3 Å². The molecule has 14 heavy (non-hydrogen) atoms. The second-order valence-corrected chi connectivity index (χ2v) is 3.25. The van der Waals surface area contributed by atoms with Gasteiger partial charge in [-0.25, -0.2) is 4.98 Å². The first-order valence-electron chi connectivity index (χ1n) is 3.76. The normalized spacial score (nSPS) is 10.1. The molecular weight excluding hydrogens is 204 g/mol. The fourth-order valence-electron chi connectivity index (χ4n) is 0.874. The van der Waals surface area contributed by atoms with E-state index < -0.39 is 0 Å². The molecule has 0 saturated carbocycles. The standard InChI is InChI=1S/C7H6N4O2S/c1-8-7-10-6(11-13-7)4-3-14-5(2-12)9-4/h2-3H,1H3,(H,8,10,11). The monoisotopic (exact) mass is 210 g/mol. The molecule has 0 unspecified atom stereocenters. The summed E-state index contributed by atoms with van der Waals surface area (Å²) in [6, 6.07) is 0.320. The summed E-state index contributed by atoms with van der Waals surface area (Å²) in [5.41, 5.74) is 0.544. The Balaban J connectivity index is 2.33. The Kier molecular flexibility index (Phi) is 2.23. The van der Waals surface area contributed by atoms with E-state index in [-0.39, 0.29) is 0 Å². The number of hydrogen-bond donors (Lipinski definition) is 1. The molecule has 0 aromatic carbocycles. The number of anilines is 1. The highest BCUT2D eigenvalue weighted by molar-refractivity contribution is 7.11. The molecule has 0 aliphatic heterocycles. The Morgan fingerprint density at radius 2 is 2.43 bits per heavy atom. The molecular formula is C7H6N4O2S. The topological polar surface area (TPSA) is 80.9 Å². The third-order valence-corrected chi connectivity index (χ3v) is 2.26. The van der Waals surface area contributed by atoms with Crippen LogP contribution in [0.1, 0.15) is 9.80 Å².